The van der Waals surface area contributed by atoms with Gasteiger partial charge in [-0.1, -0.05) is 33.1 Å². The number of carboxylic acid groups (broad SMARTS) is 1. The van der Waals surface area contributed by atoms with Gasteiger partial charge < -0.3 is 20.6 Å². The monoisotopic (exact) mass is 459 g/mol. The predicted molar refractivity (Wildman–Crippen MR) is 119 cm³/mol. The number of aromatic nitrogens is 2. The maximum atomic E-state index is 13.4. The molecule has 1 saturated carbocycles. The van der Waals surface area contributed by atoms with Gasteiger partial charge in [-0.25, -0.2) is 9.78 Å². The SMILES string of the molecule is CC(C)[C@H](NC(=O)[C@@H](NC(=O)c1cnccn1)C1CCCCC1)C(=O)N1CCC[C@H]1C(=O)O. The second-order valence-corrected chi connectivity index (χ2v) is 9.20. The molecular formula is C23H33N5O5. The molecule has 1 aromatic heterocycles. The molecule has 10 nitrogen and oxygen atoms in total. The lowest BCUT2D eigenvalue weighted by atomic mass is 9.83. The average molecular weight is 460 g/mol. The minimum absolute atomic E-state index is 0.0548. The lowest BCUT2D eigenvalue weighted by molar-refractivity contribution is -0.150. The molecule has 0 radical (unpaired) electrons. The Bertz CT molecular complexity index is 856. The van der Waals surface area contributed by atoms with Crippen molar-refractivity contribution in [3.05, 3.63) is 24.3 Å². The molecule has 1 aliphatic carbocycles. The van der Waals surface area contributed by atoms with E-state index in [0.717, 1.165) is 32.1 Å². The summed E-state index contributed by atoms with van der Waals surface area (Å²) in [5.41, 5.74) is 0.115. The minimum Gasteiger partial charge on any atom is -0.480 e. The zero-order valence-electron chi connectivity index (χ0n) is 19.2. The van der Waals surface area contributed by atoms with Crippen LogP contribution >= 0.6 is 0 Å². The zero-order valence-corrected chi connectivity index (χ0v) is 19.2. The molecule has 0 unspecified atom stereocenters. The standard InChI is InChI=1S/C23H33N5O5/c1-14(2)18(22(31)28-12-6-9-17(28)23(32)33)26-21(30)19(15-7-4-3-5-8-15)27-20(29)16-13-24-10-11-25-16/h10-11,13-15,17-19H,3-9,12H2,1-2H3,(H,26,30)(H,27,29)(H,32,33)/t17-,18-,19-/m0/s1. The van der Waals surface area contributed by atoms with Crippen molar-refractivity contribution >= 4 is 23.7 Å². The Hall–Kier alpha value is -3.04. The van der Waals surface area contributed by atoms with Crippen molar-refractivity contribution in [2.24, 2.45) is 11.8 Å². The van der Waals surface area contributed by atoms with E-state index >= 15 is 0 Å². The molecule has 0 spiro atoms. The number of nitrogens with one attached hydrogen (secondary N) is 2. The topological polar surface area (TPSA) is 142 Å². The smallest absolute Gasteiger partial charge is 0.326 e. The van der Waals surface area contributed by atoms with E-state index in [4.69, 9.17) is 0 Å². The number of rotatable bonds is 8. The van der Waals surface area contributed by atoms with Gasteiger partial charge in [0.15, 0.2) is 0 Å². The molecule has 2 fully saturated rings. The Morgan fingerprint density at radius 2 is 1.76 bits per heavy atom. The molecule has 1 aliphatic heterocycles. The number of carboxylic acids is 1. The molecule has 10 heteroatoms. The number of carbonyl (C=O) groups excluding carboxylic acids is 3. The third-order valence-corrected chi connectivity index (χ3v) is 6.54. The van der Waals surface area contributed by atoms with Crippen LogP contribution in [0.5, 0.6) is 0 Å². The van der Waals surface area contributed by atoms with Gasteiger partial charge in [-0.05, 0) is 37.5 Å². The average Bonchev–Trinajstić information content (AvgIpc) is 3.31. The first-order valence-corrected chi connectivity index (χ1v) is 11.7. The first kappa shape index (κ1) is 24.6. The maximum Gasteiger partial charge on any atom is 0.326 e. The fraction of sp³-hybridized carbons (Fsp3) is 0.652. The number of hydrogen-bond donors (Lipinski definition) is 3. The highest BCUT2D eigenvalue weighted by atomic mass is 16.4. The van der Waals surface area contributed by atoms with Gasteiger partial charge in [-0.2, -0.15) is 0 Å². The highest BCUT2D eigenvalue weighted by Gasteiger charge is 2.40. The fourth-order valence-corrected chi connectivity index (χ4v) is 4.72. The van der Waals surface area contributed by atoms with Gasteiger partial charge in [0.2, 0.25) is 11.8 Å². The van der Waals surface area contributed by atoms with Crippen LogP contribution in [0.1, 0.15) is 69.3 Å². The number of likely N-dealkylation sites (tertiary alicyclic amines) is 1. The second kappa shape index (κ2) is 11.2. The molecule has 3 N–H and O–H groups in total. The van der Waals surface area contributed by atoms with Crippen LogP contribution in [0.4, 0.5) is 0 Å². The summed E-state index contributed by atoms with van der Waals surface area (Å²) in [5, 5.41) is 15.1. The lowest BCUT2D eigenvalue weighted by Crippen LogP contribution is -2.59. The van der Waals surface area contributed by atoms with Crippen LogP contribution in [-0.4, -0.2) is 68.3 Å². The summed E-state index contributed by atoms with van der Waals surface area (Å²) in [6.45, 7) is 3.97. The van der Waals surface area contributed by atoms with E-state index in [1.807, 2.05) is 13.8 Å². The van der Waals surface area contributed by atoms with Crippen molar-refractivity contribution in [1.82, 2.24) is 25.5 Å². The number of carbonyl (C=O) groups is 4. The first-order chi connectivity index (χ1) is 15.8. The van der Waals surface area contributed by atoms with Crippen molar-refractivity contribution in [2.75, 3.05) is 6.54 Å². The van der Waals surface area contributed by atoms with Gasteiger partial charge in [-0.15, -0.1) is 0 Å². The fourth-order valence-electron chi connectivity index (χ4n) is 4.72. The highest BCUT2D eigenvalue weighted by Crippen LogP contribution is 2.27. The molecule has 2 aliphatic rings. The van der Waals surface area contributed by atoms with Crippen molar-refractivity contribution < 1.29 is 24.3 Å². The molecule has 180 valence electrons. The second-order valence-electron chi connectivity index (χ2n) is 9.20. The van der Waals surface area contributed by atoms with E-state index in [9.17, 15) is 24.3 Å². The molecule has 0 bridgehead atoms. The van der Waals surface area contributed by atoms with Crippen molar-refractivity contribution in [1.29, 1.82) is 0 Å². The Balaban J connectivity index is 1.77. The van der Waals surface area contributed by atoms with Crippen molar-refractivity contribution in [3.63, 3.8) is 0 Å². The van der Waals surface area contributed by atoms with Gasteiger partial charge in [0.1, 0.15) is 23.8 Å². The molecule has 2 heterocycles. The van der Waals surface area contributed by atoms with Gasteiger partial charge in [-0.3, -0.25) is 19.4 Å². The van der Waals surface area contributed by atoms with E-state index in [-0.39, 0.29) is 17.5 Å². The van der Waals surface area contributed by atoms with E-state index in [1.54, 1.807) is 0 Å². The van der Waals surface area contributed by atoms with Gasteiger partial charge >= 0.3 is 5.97 Å². The molecule has 33 heavy (non-hydrogen) atoms. The Morgan fingerprint density at radius 3 is 2.36 bits per heavy atom. The number of amides is 3. The Kier molecular flexibility index (Phi) is 8.35. The molecule has 3 amide bonds. The van der Waals surface area contributed by atoms with Crippen molar-refractivity contribution in [3.8, 4) is 0 Å². The summed E-state index contributed by atoms with van der Waals surface area (Å²) in [6.07, 6.45) is 9.84. The van der Waals surface area contributed by atoms with Crippen LogP contribution in [0.2, 0.25) is 0 Å². The molecule has 0 aromatic carbocycles. The maximum absolute atomic E-state index is 13.4. The summed E-state index contributed by atoms with van der Waals surface area (Å²) < 4.78 is 0. The molecular weight excluding hydrogens is 426 g/mol. The van der Waals surface area contributed by atoms with E-state index in [2.05, 4.69) is 20.6 Å². The van der Waals surface area contributed by atoms with Crippen LogP contribution in [0, 0.1) is 11.8 Å². The van der Waals surface area contributed by atoms with Gasteiger partial charge in [0.25, 0.3) is 5.91 Å². The third-order valence-electron chi connectivity index (χ3n) is 6.54. The Labute approximate surface area is 193 Å². The minimum atomic E-state index is -1.04. The van der Waals surface area contributed by atoms with Crippen LogP contribution in [-0.2, 0) is 14.4 Å². The number of nitrogens with zero attached hydrogens (tertiary/aromatic N) is 3. The van der Waals surface area contributed by atoms with E-state index in [0.29, 0.717) is 19.4 Å². The van der Waals surface area contributed by atoms with Crippen molar-refractivity contribution in [2.45, 2.75) is 76.9 Å². The summed E-state index contributed by atoms with van der Waals surface area (Å²) in [7, 11) is 0. The predicted octanol–water partition coefficient (Wildman–Crippen LogP) is 1.37. The summed E-state index contributed by atoms with van der Waals surface area (Å²) in [4.78, 5) is 60.2. The van der Waals surface area contributed by atoms with Crippen LogP contribution in [0.25, 0.3) is 0 Å². The van der Waals surface area contributed by atoms with E-state index < -0.39 is 41.8 Å². The van der Waals surface area contributed by atoms with E-state index in [1.165, 1.54) is 23.5 Å². The highest BCUT2D eigenvalue weighted by molar-refractivity contribution is 5.97. The third kappa shape index (κ3) is 6.06. The van der Waals surface area contributed by atoms with Gasteiger partial charge in [0, 0.05) is 18.9 Å². The first-order valence-electron chi connectivity index (χ1n) is 11.7. The zero-order chi connectivity index (χ0) is 24.0. The summed E-state index contributed by atoms with van der Waals surface area (Å²) >= 11 is 0. The van der Waals surface area contributed by atoms with Crippen LogP contribution in [0.15, 0.2) is 18.6 Å². The molecule has 3 atom stereocenters. The molecule has 1 saturated heterocycles. The number of hydrogen-bond acceptors (Lipinski definition) is 6. The van der Waals surface area contributed by atoms with Crippen LogP contribution in [0.3, 0.4) is 0 Å². The summed E-state index contributed by atoms with van der Waals surface area (Å²) in [5.74, 6) is -2.67. The Morgan fingerprint density at radius 1 is 1.03 bits per heavy atom. The number of aliphatic carboxylic acids is 1. The van der Waals surface area contributed by atoms with Gasteiger partial charge in [0.05, 0.1) is 6.20 Å². The summed E-state index contributed by atoms with van der Waals surface area (Å²) in [6, 6.07) is -2.57. The van der Waals surface area contributed by atoms with Crippen LogP contribution < -0.4 is 10.6 Å². The molecule has 1 aromatic rings. The quantitative estimate of drug-likeness (QED) is 0.533. The largest absolute Gasteiger partial charge is 0.480 e. The lowest BCUT2D eigenvalue weighted by Gasteiger charge is -2.33. The normalized spacial score (nSPS) is 20.8. The molecule has 3 rings (SSSR count).